The zero-order valence-electron chi connectivity index (χ0n) is 23.9. The summed E-state index contributed by atoms with van der Waals surface area (Å²) in [4.78, 5) is 55.9. The molecule has 2 bridgehead atoms. The lowest BCUT2D eigenvalue weighted by atomic mass is 9.48. The van der Waals surface area contributed by atoms with E-state index in [-0.39, 0.29) is 17.0 Å². The highest BCUT2D eigenvalue weighted by Gasteiger charge is 2.82. The van der Waals surface area contributed by atoms with E-state index in [2.05, 4.69) is 4.98 Å². The van der Waals surface area contributed by atoms with Gasteiger partial charge in [0.15, 0.2) is 6.10 Å². The molecular formula is C30H35NO10. The molecule has 2 aromatic rings. The third kappa shape index (κ3) is 4.50. The monoisotopic (exact) mass is 569 g/mol. The maximum absolute atomic E-state index is 13.5. The largest absolute Gasteiger partial charge is 0.472 e. The molecule has 1 saturated heterocycles. The summed E-state index contributed by atoms with van der Waals surface area (Å²) in [5.74, 6) is -3.49. The zero-order valence-corrected chi connectivity index (χ0v) is 23.9. The van der Waals surface area contributed by atoms with Crippen LogP contribution in [0.4, 0.5) is 0 Å². The molecule has 8 atom stereocenters. The molecule has 2 aromatic heterocycles. The van der Waals surface area contributed by atoms with Crippen LogP contribution in [-0.4, -0.2) is 64.5 Å². The molecule has 11 nitrogen and oxygen atoms in total. The first-order valence-electron chi connectivity index (χ1n) is 13.7. The minimum Gasteiger partial charge on any atom is -0.472 e. The standard InChI is InChI=1S/C30H35NO10/c1-16-9-10-21(37-17(2)32)29(6)25(40-26(34)19-8-7-12-31-14-19)23(38-18(3)33)22-24(30(16,29)41-28(22,4)5)39-27(35)20-11-13-36-15-20/h7-8,11-16,21-25H,9-10H2,1-6H3/t16-,21-,22+,23-,24+,25+,29-,30+/m0/s1. The van der Waals surface area contributed by atoms with Gasteiger partial charge in [-0.15, -0.1) is 0 Å². The number of rotatable bonds is 6. The van der Waals surface area contributed by atoms with Crippen molar-refractivity contribution in [1.82, 2.24) is 4.98 Å². The second-order valence-corrected chi connectivity index (χ2v) is 11.9. The smallest absolute Gasteiger partial charge is 0.341 e. The molecule has 3 fully saturated rings. The number of hydrogen-bond donors (Lipinski definition) is 0. The molecule has 0 unspecified atom stereocenters. The molecule has 3 heterocycles. The van der Waals surface area contributed by atoms with Crippen LogP contribution in [0.3, 0.4) is 0 Å². The Morgan fingerprint density at radius 1 is 0.902 bits per heavy atom. The molecule has 3 aliphatic rings. The number of esters is 4. The van der Waals surface area contributed by atoms with Crippen LogP contribution in [0.1, 0.15) is 75.1 Å². The fourth-order valence-electron chi connectivity index (χ4n) is 7.48. The predicted molar refractivity (Wildman–Crippen MR) is 140 cm³/mol. The van der Waals surface area contributed by atoms with E-state index in [1.54, 1.807) is 19.1 Å². The first kappa shape index (κ1) is 28.8. The number of fused-ring (bicyclic) bond motifs is 1. The normalized spacial score (nSPS) is 35.1. The first-order chi connectivity index (χ1) is 19.3. The van der Waals surface area contributed by atoms with E-state index in [4.69, 9.17) is 28.1 Å². The van der Waals surface area contributed by atoms with Crippen molar-refractivity contribution in [2.24, 2.45) is 17.3 Å². The van der Waals surface area contributed by atoms with Crippen LogP contribution < -0.4 is 0 Å². The molecule has 11 heteroatoms. The van der Waals surface area contributed by atoms with E-state index < -0.39 is 70.8 Å². The molecule has 2 aliphatic carbocycles. The van der Waals surface area contributed by atoms with E-state index in [0.29, 0.717) is 12.8 Å². The zero-order chi connectivity index (χ0) is 29.7. The van der Waals surface area contributed by atoms with Gasteiger partial charge in [0.25, 0.3) is 0 Å². The number of carbonyl (C=O) groups is 4. The van der Waals surface area contributed by atoms with Crippen molar-refractivity contribution in [1.29, 1.82) is 0 Å². The summed E-state index contributed by atoms with van der Waals surface area (Å²) >= 11 is 0. The molecule has 0 N–H and O–H groups in total. The third-order valence-electron chi connectivity index (χ3n) is 9.06. The molecule has 0 amide bonds. The fourth-order valence-corrected chi connectivity index (χ4v) is 7.48. The molecule has 0 radical (unpaired) electrons. The Kier molecular flexibility index (Phi) is 7.21. The number of carbonyl (C=O) groups excluding carboxylic acids is 4. The van der Waals surface area contributed by atoms with E-state index >= 15 is 0 Å². The summed E-state index contributed by atoms with van der Waals surface area (Å²) in [5, 5.41) is 0. The van der Waals surface area contributed by atoms with Crippen molar-refractivity contribution in [3.63, 3.8) is 0 Å². The minimum atomic E-state index is -1.32. The van der Waals surface area contributed by atoms with Gasteiger partial charge < -0.3 is 28.1 Å². The van der Waals surface area contributed by atoms with Crippen molar-refractivity contribution < 1.29 is 47.3 Å². The van der Waals surface area contributed by atoms with Crippen molar-refractivity contribution in [3.8, 4) is 0 Å². The van der Waals surface area contributed by atoms with E-state index in [1.165, 1.54) is 44.8 Å². The summed E-state index contributed by atoms with van der Waals surface area (Å²) in [6, 6.07) is 4.66. The van der Waals surface area contributed by atoms with Crippen molar-refractivity contribution >= 4 is 23.9 Å². The number of furan rings is 1. The van der Waals surface area contributed by atoms with Gasteiger partial charge in [-0.2, -0.15) is 0 Å². The number of ether oxygens (including phenoxy) is 5. The quantitative estimate of drug-likeness (QED) is 0.369. The van der Waals surface area contributed by atoms with Crippen molar-refractivity contribution in [2.45, 2.75) is 90.0 Å². The Morgan fingerprint density at radius 3 is 2.20 bits per heavy atom. The predicted octanol–water partition coefficient (Wildman–Crippen LogP) is 3.90. The minimum absolute atomic E-state index is 0.195. The van der Waals surface area contributed by atoms with Gasteiger partial charge in [0.1, 0.15) is 30.2 Å². The number of hydrogen-bond acceptors (Lipinski definition) is 11. The first-order valence-corrected chi connectivity index (χ1v) is 13.7. The summed E-state index contributed by atoms with van der Waals surface area (Å²) in [7, 11) is 0. The van der Waals surface area contributed by atoms with Crippen molar-refractivity contribution in [3.05, 3.63) is 54.2 Å². The Bertz CT molecular complexity index is 1320. The van der Waals surface area contributed by atoms with Crippen LogP contribution in [0.25, 0.3) is 0 Å². The van der Waals surface area contributed by atoms with Crippen LogP contribution in [0.2, 0.25) is 0 Å². The number of pyridine rings is 1. The van der Waals surface area contributed by atoms with Gasteiger partial charge in [-0.25, -0.2) is 9.59 Å². The summed E-state index contributed by atoms with van der Waals surface area (Å²) in [6.07, 6.45) is 2.50. The maximum atomic E-state index is 13.5. The topological polar surface area (TPSA) is 140 Å². The Morgan fingerprint density at radius 2 is 1.59 bits per heavy atom. The Hall–Kier alpha value is -3.73. The van der Waals surface area contributed by atoms with Gasteiger partial charge in [0, 0.05) is 26.2 Å². The Labute approximate surface area is 237 Å². The number of aromatic nitrogens is 1. The summed E-state index contributed by atoms with van der Waals surface area (Å²) in [6.45, 7) is 9.99. The lowest BCUT2D eigenvalue weighted by Gasteiger charge is -2.62. The van der Waals surface area contributed by atoms with Crippen LogP contribution >= 0.6 is 0 Å². The lowest BCUT2D eigenvalue weighted by molar-refractivity contribution is -0.296. The van der Waals surface area contributed by atoms with Gasteiger partial charge in [-0.3, -0.25) is 14.6 Å². The highest BCUT2D eigenvalue weighted by molar-refractivity contribution is 5.90. The van der Waals surface area contributed by atoms with Crippen LogP contribution in [0.15, 0.2) is 47.5 Å². The second-order valence-electron chi connectivity index (χ2n) is 11.9. The van der Waals surface area contributed by atoms with Crippen molar-refractivity contribution in [2.75, 3.05) is 0 Å². The maximum Gasteiger partial charge on any atom is 0.341 e. The van der Waals surface area contributed by atoms with E-state index in [9.17, 15) is 19.2 Å². The highest BCUT2D eigenvalue weighted by Crippen LogP contribution is 2.68. The van der Waals surface area contributed by atoms with Gasteiger partial charge in [0.2, 0.25) is 0 Å². The molecule has 41 heavy (non-hydrogen) atoms. The lowest BCUT2D eigenvalue weighted by Crippen LogP contribution is -2.76. The molecule has 5 rings (SSSR count). The van der Waals surface area contributed by atoms with Gasteiger partial charge in [-0.05, 0) is 57.7 Å². The van der Waals surface area contributed by atoms with Crippen LogP contribution in [0.5, 0.6) is 0 Å². The van der Waals surface area contributed by atoms with E-state index in [0.717, 1.165) is 0 Å². The summed E-state index contributed by atoms with van der Waals surface area (Å²) < 4.78 is 36.4. The van der Waals surface area contributed by atoms with E-state index in [1.807, 2.05) is 20.8 Å². The van der Waals surface area contributed by atoms with Gasteiger partial charge in [-0.1, -0.05) is 6.92 Å². The average molecular weight is 570 g/mol. The molecule has 220 valence electrons. The second kappa shape index (κ2) is 10.3. The number of nitrogens with zero attached hydrogens (tertiary/aromatic N) is 1. The van der Waals surface area contributed by atoms with Crippen LogP contribution in [0, 0.1) is 17.3 Å². The van der Waals surface area contributed by atoms with Gasteiger partial charge >= 0.3 is 23.9 Å². The molecule has 1 aliphatic heterocycles. The SMILES string of the molecule is CC(=O)O[C@H]1[C@@H]2[C@@H](OC(=O)c3ccoc3)[C@]3(OC2(C)C)[C@@H](C)CC[C@H](OC(C)=O)[C@@]3(C)[C@@H]1OC(=O)c1cccnc1. The molecular weight excluding hydrogens is 534 g/mol. The molecule has 0 aromatic carbocycles. The van der Waals surface area contributed by atoms with Crippen LogP contribution in [-0.2, 0) is 33.3 Å². The molecule has 1 spiro atoms. The average Bonchev–Trinajstić information content (AvgIpc) is 3.51. The van der Waals surface area contributed by atoms with Gasteiger partial charge in [0.05, 0.1) is 34.3 Å². The third-order valence-corrected chi connectivity index (χ3v) is 9.06. The fraction of sp³-hybridized carbons (Fsp3) is 0.567. The molecule has 2 saturated carbocycles. The highest BCUT2D eigenvalue weighted by atomic mass is 16.6. The Balaban J connectivity index is 1.71. The summed E-state index contributed by atoms with van der Waals surface area (Å²) in [5.41, 5.74) is -3.24.